The van der Waals surface area contributed by atoms with E-state index in [-0.39, 0.29) is 5.57 Å². The molecule has 0 aliphatic heterocycles. The van der Waals surface area contributed by atoms with Crippen LogP contribution in [0.5, 0.6) is 0 Å². The molecule has 1 amide bonds. The van der Waals surface area contributed by atoms with Gasteiger partial charge in [-0.3, -0.25) is 4.79 Å². The smallest absolute Gasteiger partial charge is 0.266 e. The number of amides is 1. The Morgan fingerprint density at radius 1 is 1.12 bits per heavy atom. The number of aryl methyl sites for hydroxylation is 1. The molecule has 0 unspecified atom stereocenters. The van der Waals surface area contributed by atoms with Crippen molar-refractivity contribution < 1.29 is 4.79 Å². The van der Waals surface area contributed by atoms with Gasteiger partial charge < -0.3 is 10.2 Å². The second-order valence-corrected chi connectivity index (χ2v) is 5.70. The fraction of sp³-hybridized carbons (Fsp3) is 0.238. The second-order valence-electron chi connectivity index (χ2n) is 5.70. The van der Waals surface area contributed by atoms with Crippen molar-refractivity contribution in [2.24, 2.45) is 0 Å². The minimum atomic E-state index is -0.399. The number of para-hydroxylation sites is 1. The normalized spacial score (nSPS) is 10.9. The molecule has 0 aliphatic carbocycles. The summed E-state index contributed by atoms with van der Waals surface area (Å²) >= 11 is 0. The molecule has 25 heavy (non-hydrogen) atoms. The highest BCUT2D eigenvalue weighted by atomic mass is 16.1. The maximum Gasteiger partial charge on any atom is 0.266 e. The lowest BCUT2D eigenvalue weighted by atomic mass is 10.1. The summed E-state index contributed by atoms with van der Waals surface area (Å²) < 4.78 is 0. The first-order chi connectivity index (χ1) is 12.1. The van der Waals surface area contributed by atoms with Crippen molar-refractivity contribution in [2.75, 3.05) is 23.3 Å². The fourth-order valence-electron chi connectivity index (χ4n) is 2.59. The van der Waals surface area contributed by atoms with Gasteiger partial charge in [-0.2, -0.15) is 5.26 Å². The van der Waals surface area contributed by atoms with Gasteiger partial charge in [0.2, 0.25) is 0 Å². The van der Waals surface area contributed by atoms with Crippen molar-refractivity contribution in [2.45, 2.75) is 20.8 Å². The van der Waals surface area contributed by atoms with Gasteiger partial charge in [-0.25, -0.2) is 0 Å². The molecule has 0 bridgehead atoms. The van der Waals surface area contributed by atoms with Crippen LogP contribution >= 0.6 is 0 Å². The highest BCUT2D eigenvalue weighted by molar-refractivity contribution is 6.09. The average Bonchev–Trinajstić information content (AvgIpc) is 2.63. The second kappa shape index (κ2) is 8.70. The summed E-state index contributed by atoms with van der Waals surface area (Å²) in [6, 6.07) is 17.3. The molecule has 0 saturated carbocycles. The molecule has 0 spiro atoms. The summed E-state index contributed by atoms with van der Waals surface area (Å²) in [5.41, 5.74) is 3.71. The third kappa shape index (κ3) is 4.71. The van der Waals surface area contributed by atoms with Crippen LogP contribution in [0.15, 0.2) is 54.1 Å². The third-order valence-corrected chi connectivity index (χ3v) is 4.09. The average molecular weight is 333 g/mol. The molecule has 2 aromatic carbocycles. The van der Waals surface area contributed by atoms with Gasteiger partial charge in [-0.1, -0.05) is 30.3 Å². The zero-order chi connectivity index (χ0) is 18.2. The molecule has 0 aromatic heterocycles. The van der Waals surface area contributed by atoms with Gasteiger partial charge >= 0.3 is 0 Å². The molecule has 0 atom stereocenters. The molecule has 128 valence electrons. The van der Waals surface area contributed by atoms with Crippen LogP contribution in [0, 0.1) is 18.3 Å². The van der Waals surface area contributed by atoms with E-state index in [2.05, 4.69) is 24.1 Å². The van der Waals surface area contributed by atoms with Crippen molar-refractivity contribution in [3.8, 4) is 6.07 Å². The van der Waals surface area contributed by atoms with E-state index in [0.717, 1.165) is 29.9 Å². The lowest BCUT2D eigenvalue weighted by Crippen LogP contribution is -2.21. The van der Waals surface area contributed by atoms with E-state index in [4.69, 9.17) is 0 Å². The van der Waals surface area contributed by atoms with Crippen molar-refractivity contribution in [3.05, 3.63) is 65.2 Å². The van der Waals surface area contributed by atoms with Gasteiger partial charge in [0, 0.05) is 24.5 Å². The van der Waals surface area contributed by atoms with Crippen LogP contribution in [0.1, 0.15) is 25.0 Å². The molecule has 4 heteroatoms. The number of hydrogen-bond donors (Lipinski definition) is 1. The van der Waals surface area contributed by atoms with E-state index in [1.54, 1.807) is 6.08 Å². The van der Waals surface area contributed by atoms with Gasteiger partial charge in [0.05, 0.1) is 0 Å². The van der Waals surface area contributed by atoms with Crippen LogP contribution < -0.4 is 10.2 Å². The van der Waals surface area contributed by atoms with Crippen molar-refractivity contribution in [1.82, 2.24) is 0 Å². The van der Waals surface area contributed by atoms with E-state index in [9.17, 15) is 10.1 Å². The summed E-state index contributed by atoms with van der Waals surface area (Å²) in [4.78, 5) is 14.6. The number of benzene rings is 2. The van der Waals surface area contributed by atoms with E-state index in [1.165, 1.54) is 0 Å². The third-order valence-electron chi connectivity index (χ3n) is 4.09. The quantitative estimate of drug-likeness (QED) is 0.630. The Hall–Kier alpha value is -3.06. The largest absolute Gasteiger partial charge is 0.372 e. The molecule has 0 saturated heterocycles. The predicted octanol–water partition coefficient (Wildman–Crippen LogP) is 4.39. The van der Waals surface area contributed by atoms with Crippen LogP contribution in [-0.4, -0.2) is 19.0 Å². The Morgan fingerprint density at radius 3 is 2.32 bits per heavy atom. The minimum Gasteiger partial charge on any atom is -0.372 e. The minimum absolute atomic E-state index is 0.0823. The number of nitriles is 1. The van der Waals surface area contributed by atoms with Gasteiger partial charge in [-0.05, 0) is 56.2 Å². The van der Waals surface area contributed by atoms with E-state index in [0.29, 0.717) is 5.69 Å². The highest BCUT2D eigenvalue weighted by Crippen LogP contribution is 2.18. The number of carbonyl (C=O) groups is 1. The van der Waals surface area contributed by atoms with Gasteiger partial charge in [-0.15, -0.1) is 0 Å². The Kier molecular flexibility index (Phi) is 6.36. The number of anilines is 2. The molecule has 0 fully saturated rings. The number of carbonyl (C=O) groups excluding carboxylic acids is 1. The standard InChI is InChI=1S/C21H23N3O/c1-4-24(5-2)19-12-10-17(11-13-19)14-18(15-22)21(25)23-20-9-7-6-8-16(20)3/h6-14H,4-5H2,1-3H3,(H,23,25). The molecule has 1 N–H and O–H groups in total. The number of hydrogen-bond acceptors (Lipinski definition) is 3. The van der Waals surface area contributed by atoms with Crippen molar-refractivity contribution >= 4 is 23.4 Å². The van der Waals surface area contributed by atoms with E-state index >= 15 is 0 Å². The van der Waals surface area contributed by atoms with Crippen LogP contribution in [0.2, 0.25) is 0 Å². The molecular weight excluding hydrogens is 310 g/mol. The Labute approximate surface area is 149 Å². The Morgan fingerprint density at radius 2 is 1.76 bits per heavy atom. The molecule has 0 aliphatic rings. The van der Waals surface area contributed by atoms with Crippen LogP contribution in [0.4, 0.5) is 11.4 Å². The Bertz CT molecular complexity index is 797. The zero-order valence-corrected chi connectivity index (χ0v) is 14.9. The first kappa shape index (κ1) is 18.3. The SMILES string of the molecule is CCN(CC)c1ccc(C=C(C#N)C(=O)Nc2ccccc2C)cc1. The summed E-state index contributed by atoms with van der Waals surface area (Å²) in [6.45, 7) is 8.02. The molecule has 2 aromatic rings. The molecule has 0 heterocycles. The zero-order valence-electron chi connectivity index (χ0n) is 14.9. The first-order valence-electron chi connectivity index (χ1n) is 8.42. The first-order valence-corrected chi connectivity index (χ1v) is 8.42. The number of rotatable bonds is 6. The lowest BCUT2D eigenvalue weighted by Gasteiger charge is -2.20. The maximum atomic E-state index is 12.4. The molecule has 2 rings (SSSR count). The van der Waals surface area contributed by atoms with E-state index in [1.807, 2.05) is 61.5 Å². The highest BCUT2D eigenvalue weighted by Gasteiger charge is 2.10. The predicted molar refractivity (Wildman–Crippen MR) is 103 cm³/mol. The van der Waals surface area contributed by atoms with Crippen LogP contribution in [-0.2, 0) is 4.79 Å². The van der Waals surface area contributed by atoms with Gasteiger partial charge in [0.15, 0.2) is 0 Å². The van der Waals surface area contributed by atoms with Gasteiger partial charge in [0.1, 0.15) is 11.6 Å². The summed E-state index contributed by atoms with van der Waals surface area (Å²) in [7, 11) is 0. The lowest BCUT2D eigenvalue weighted by molar-refractivity contribution is -0.112. The van der Waals surface area contributed by atoms with Crippen molar-refractivity contribution in [1.29, 1.82) is 5.26 Å². The Balaban J connectivity index is 2.18. The summed E-state index contributed by atoms with van der Waals surface area (Å²) in [5, 5.41) is 12.1. The molecular formula is C21H23N3O. The monoisotopic (exact) mass is 333 g/mol. The van der Waals surface area contributed by atoms with Crippen LogP contribution in [0.25, 0.3) is 6.08 Å². The maximum absolute atomic E-state index is 12.4. The van der Waals surface area contributed by atoms with E-state index < -0.39 is 5.91 Å². The summed E-state index contributed by atoms with van der Waals surface area (Å²) in [5.74, 6) is -0.399. The fourth-order valence-corrected chi connectivity index (χ4v) is 2.59. The summed E-state index contributed by atoms with van der Waals surface area (Å²) in [6.07, 6.45) is 1.61. The number of nitrogens with zero attached hydrogens (tertiary/aromatic N) is 2. The molecule has 0 radical (unpaired) electrons. The number of nitrogens with one attached hydrogen (secondary N) is 1. The van der Waals surface area contributed by atoms with Gasteiger partial charge in [0.25, 0.3) is 5.91 Å². The van der Waals surface area contributed by atoms with Crippen LogP contribution in [0.3, 0.4) is 0 Å². The molecule has 4 nitrogen and oxygen atoms in total. The van der Waals surface area contributed by atoms with Crippen molar-refractivity contribution in [3.63, 3.8) is 0 Å². The topological polar surface area (TPSA) is 56.1 Å².